The molecule has 0 bridgehead atoms. The zero-order valence-electron chi connectivity index (χ0n) is 16.1. The van der Waals surface area contributed by atoms with Gasteiger partial charge in [0.2, 0.25) is 0 Å². The SMILES string of the molecule is CN1C(=O)OCC1(CO)COP(=O)(OCc1ccccc1)OCc1ccccc1. The number of amides is 1. The molecule has 0 saturated carbocycles. The van der Waals surface area contributed by atoms with E-state index in [1.165, 1.54) is 11.9 Å². The molecule has 1 aliphatic rings. The topological polar surface area (TPSA) is 94.5 Å². The van der Waals surface area contributed by atoms with Crippen LogP contribution in [0.2, 0.25) is 0 Å². The van der Waals surface area contributed by atoms with Crippen LogP contribution >= 0.6 is 7.82 Å². The zero-order chi connectivity index (χ0) is 20.7. The summed E-state index contributed by atoms with van der Waals surface area (Å²) in [5.74, 6) is 0. The smallest absolute Gasteiger partial charge is 0.447 e. The zero-order valence-corrected chi connectivity index (χ0v) is 17.0. The van der Waals surface area contributed by atoms with Crippen molar-refractivity contribution >= 4 is 13.9 Å². The molecular formula is C20H24NO7P. The molecular weight excluding hydrogens is 397 g/mol. The van der Waals surface area contributed by atoms with Crippen molar-refractivity contribution in [2.75, 3.05) is 26.9 Å². The van der Waals surface area contributed by atoms with Crippen LogP contribution in [0.1, 0.15) is 11.1 Å². The highest BCUT2D eigenvalue weighted by Crippen LogP contribution is 2.52. The Balaban J connectivity index is 1.70. The van der Waals surface area contributed by atoms with Crippen molar-refractivity contribution in [1.82, 2.24) is 4.90 Å². The van der Waals surface area contributed by atoms with Crippen molar-refractivity contribution < 1.29 is 32.8 Å². The van der Waals surface area contributed by atoms with Gasteiger partial charge in [-0.05, 0) is 11.1 Å². The predicted molar refractivity (Wildman–Crippen MR) is 105 cm³/mol. The van der Waals surface area contributed by atoms with Crippen LogP contribution in [0.5, 0.6) is 0 Å². The van der Waals surface area contributed by atoms with E-state index in [-0.39, 0.29) is 26.4 Å². The van der Waals surface area contributed by atoms with Gasteiger partial charge in [0.25, 0.3) is 0 Å². The monoisotopic (exact) mass is 421 g/mol. The first kappa shape index (κ1) is 21.5. The fourth-order valence-electron chi connectivity index (χ4n) is 2.69. The lowest BCUT2D eigenvalue weighted by Gasteiger charge is -2.31. The van der Waals surface area contributed by atoms with E-state index in [1.807, 2.05) is 60.7 Å². The minimum absolute atomic E-state index is 0.0182. The van der Waals surface area contributed by atoms with Gasteiger partial charge < -0.3 is 9.84 Å². The van der Waals surface area contributed by atoms with Crippen molar-refractivity contribution in [2.45, 2.75) is 18.8 Å². The molecule has 1 aliphatic heterocycles. The highest BCUT2D eigenvalue weighted by molar-refractivity contribution is 7.48. The summed E-state index contributed by atoms with van der Waals surface area (Å²) in [6.07, 6.45) is -0.590. The Morgan fingerprint density at radius 3 is 1.93 bits per heavy atom. The number of aliphatic hydroxyl groups excluding tert-OH is 1. The third kappa shape index (κ3) is 5.44. The van der Waals surface area contributed by atoms with E-state index >= 15 is 0 Å². The lowest BCUT2D eigenvalue weighted by atomic mass is 10.0. The number of ether oxygens (including phenoxy) is 1. The highest BCUT2D eigenvalue weighted by atomic mass is 31.2. The Hall–Kier alpha value is -2.22. The Morgan fingerprint density at radius 2 is 1.52 bits per heavy atom. The first-order chi connectivity index (χ1) is 14.0. The number of aliphatic hydroxyl groups is 1. The summed E-state index contributed by atoms with van der Waals surface area (Å²) in [4.78, 5) is 12.9. The maximum Gasteiger partial charge on any atom is 0.475 e. The van der Waals surface area contributed by atoms with E-state index in [1.54, 1.807) is 0 Å². The molecule has 2 aromatic carbocycles. The quantitative estimate of drug-likeness (QED) is 0.588. The normalized spacial score (nSPS) is 19.4. The average Bonchev–Trinajstić information content (AvgIpc) is 3.06. The molecule has 1 N–H and O–H groups in total. The molecule has 0 radical (unpaired) electrons. The third-order valence-corrected chi connectivity index (χ3v) is 6.04. The van der Waals surface area contributed by atoms with Crippen molar-refractivity contribution in [3.63, 3.8) is 0 Å². The number of phosphoric ester groups is 1. The van der Waals surface area contributed by atoms with E-state index in [0.29, 0.717) is 0 Å². The molecule has 8 nitrogen and oxygen atoms in total. The standard InChI is InChI=1S/C20H24NO7P/c1-21-19(23)25-15-20(21,14-22)16-28-29(24,26-12-17-8-4-2-5-9-17)27-13-18-10-6-3-7-11-18/h2-11,22H,12-16H2,1H3. The van der Waals surface area contributed by atoms with E-state index in [9.17, 15) is 14.5 Å². The first-order valence-electron chi connectivity index (χ1n) is 9.09. The Labute approximate surface area is 169 Å². The van der Waals surface area contributed by atoms with Crippen molar-refractivity contribution in [1.29, 1.82) is 0 Å². The third-order valence-electron chi connectivity index (χ3n) is 4.70. The summed E-state index contributed by atoms with van der Waals surface area (Å²) >= 11 is 0. The second-order valence-corrected chi connectivity index (χ2v) is 8.40. The number of nitrogens with zero attached hydrogens (tertiary/aromatic N) is 1. The van der Waals surface area contributed by atoms with Gasteiger partial charge in [0.05, 0.1) is 26.4 Å². The maximum atomic E-state index is 13.3. The number of carbonyl (C=O) groups excluding carboxylic acids is 1. The van der Waals surface area contributed by atoms with Gasteiger partial charge >= 0.3 is 13.9 Å². The van der Waals surface area contributed by atoms with Crippen molar-refractivity contribution in [2.24, 2.45) is 0 Å². The highest BCUT2D eigenvalue weighted by Gasteiger charge is 2.47. The fourth-order valence-corrected chi connectivity index (χ4v) is 3.92. The molecule has 3 rings (SSSR count). The van der Waals surface area contributed by atoms with Crippen LogP contribution in [0.25, 0.3) is 0 Å². The number of cyclic esters (lactones) is 1. The summed E-state index contributed by atoms with van der Waals surface area (Å²) in [5.41, 5.74) is 0.444. The molecule has 9 heteroatoms. The summed E-state index contributed by atoms with van der Waals surface area (Å²) in [7, 11) is -2.53. The number of phosphoric acid groups is 1. The summed E-state index contributed by atoms with van der Waals surface area (Å²) in [6.45, 7) is -0.746. The molecule has 1 heterocycles. The molecule has 156 valence electrons. The number of rotatable bonds is 10. The maximum absolute atomic E-state index is 13.3. The van der Waals surface area contributed by atoms with Crippen LogP contribution in [0, 0.1) is 0 Å². The van der Waals surface area contributed by atoms with E-state index < -0.39 is 26.1 Å². The van der Waals surface area contributed by atoms with Gasteiger partial charge in [-0.15, -0.1) is 0 Å². The minimum Gasteiger partial charge on any atom is -0.447 e. The van der Waals surface area contributed by atoms with Crippen molar-refractivity contribution in [3.05, 3.63) is 71.8 Å². The van der Waals surface area contributed by atoms with Crippen LogP contribution in [0.15, 0.2) is 60.7 Å². The lowest BCUT2D eigenvalue weighted by Crippen LogP contribution is -2.51. The summed E-state index contributed by atoms with van der Waals surface area (Å²) in [5, 5.41) is 9.79. The molecule has 1 saturated heterocycles. The Bertz CT molecular complexity index is 801. The lowest BCUT2D eigenvalue weighted by molar-refractivity contribution is 0.0243. The molecule has 1 atom stereocenters. The van der Waals surface area contributed by atoms with Crippen LogP contribution < -0.4 is 0 Å². The summed E-state index contributed by atoms with van der Waals surface area (Å²) < 4.78 is 34.9. The van der Waals surface area contributed by atoms with Gasteiger partial charge in [-0.3, -0.25) is 18.5 Å². The van der Waals surface area contributed by atoms with E-state index in [2.05, 4.69) is 0 Å². The Morgan fingerprint density at radius 1 is 1.00 bits per heavy atom. The largest absolute Gasteiger partial charge is 0.475 e. The second kappa shape index (κ2) is 9.52. The molecule has 0 spiro atoms. The van der Waals surface area contributed by atoms with Gasteiger partial charge in [-0.2, -0.15) is 0 Å². The molecule has 1 fully saturated rings. The summed E-state index contributed by atoms with van der Waals surface area (Å²) in [6, 6.07) is 18.4. The molecule has 29 heavy (non-hydrogen) atoms. The molecule has 0 aliphatic carbocycles. The number of likely N-dealkylation sites (N-methyl/N-ethyl adjacent to an activating group) is 1. The first-order valence-corrected chi connectivity index (χ1v) is 10.6. The van der Waals surface area contributed by atoms with Gasteiger partial charge in [-0.1, -0.05) is 60.7 Å². The van der Waals surface area contributed by atoms with Gasteiger partial charge in [0.1, 0.15) is 12.1 Å². The molecule has 2 aromatic rings. The second-order valence-electron chi connectivity index (χ2n) is 6.73. The van der Waals surface area contributed by atoms with Crippen LogP contribution in [-0.4, -0.2) is 48.5 Å². The van der Waals surface area contributed by atoms with Crippen molar-refractivity contribution in [3.8, 4) is 0 Å². The minimum atomic E-state index is -4.01. The number of hydrogen-bond donors (Lipinski definition) is 1. The van der Waals surface area contributed by atoms with E-state index in [4.69, 9.17) is 18.3 Å². The molecule has 0 aromatic heterocycles. The average molecular weight is 421 g/mol. The predicted octanol–water partition coefficient (Wildman–Crippen LogP) is 3.36. The fraction of sp³-hybridized carbons (Fsp3) is 0.350. The van der Waals surface area contributed by atoms with Gasteiger partial charge in [0.15, 0.2) is 0 Å². The van der Waals surface area contributed by atoms with E-state index in [0.717, 1.165) is 11.1 Å². The molecule has 1 unspecified atom stereocenters. The van der Waals surface area contributed by atoms with Gasteiger partial charge in [-0.25, -0.2) is 9.36 Å². The number of carbonyl (C=O) groups is 1. The molecule has 1 amide bonds. The van der Waals surface area contributed by atoms with Crippen LogP contribution in [-0.2, 0) is 36.1 Å². The van der Waals surface area contributed by atoms with Crippen LogP contribution in [0.4, 0.5) is 4.79 Å². The Kier molecular flexibility index (Phi) is 7.05. The number of hydrogen-bond acceptors (Lipinski definition) is 7. The van der Waals surface area contributed by atoms with Crippen LogP contribution in [0.3, 0.4) is 0 Å². The van der Waals surface area contributed by atoms with Gasteiger partial charge in [0, 0.05) is 7.05 Å². The number of benzene rings is 2.